The fourth-order valence-corrected chi connectivity index (χ4v) is 6.30. The molecule has 0 aliphatic heterocycles. The molecule has 4 aromatic rings. The second-order valence-electron chi connectivity index (χ2n) is 7.92. The average Bonchev–Trinajstić information content (AvgIpc) is 3.28. The van der Waals surface area contributed by atoms with E-state index in [1.54, 1.807) is 49.4 Å². The molecule has 0 aliphatic carbocycles. The summed E-state index contributed by atoms with van der Waals surface area (Å²) in [5.41, 5.74) is 1.49. The number of hydrogen-bond donors (Lipinski definition) is 1. The van der Waals surface area contributed by atoms with Gasteiger partial charge in [-0.25, -0.2) is 8.42 Å². The van der Waals surface area contributed by atoms with Crippen LogP contribution in [0.1, 0.15) is 35.1 Å². The first kappa shape index (κ1) is 25.0. The number of carbonyl (C=O) groups excluding carboxylic acids is 1. The fraction of sp³-hybridized carbons (Fsp3) is 0.192. The van der Waals surface area contributed by atoms with Crippen molar-refractivity contribution in [3.63, 3.8) is 0 Å². The van der Waals surface area contributed by atoms with Gasteiger partial charge in [0.25, 0.3) is 15.9 Å². The molecule has 182 valence electrons. The summed E-state index contributed by atoms with van der Waals surface area (Å²) in [4.78, 5) is 13.6. The van der Waals surface area contributed by atoms with Crippen molar-refractivity contribution in [3.05, 3.63) is 88.3 Å². The van der Waals surface area contributed by atoms with Crippen molar-refractivity contribution in [3.8, 4) is 5.75 Å². The summed E-state index contributed by atoms with van der Waals surface area (Å²) in [5.74, 6) is 0.399. The highest BCUT2D eigenvalue weighted by Crippen LogP contribution is 2.32. The highest BCUT2D eigenvalue weighted by Gasteiger charge is 2.24. The Labute approximate surface area is 214 Å². The van der Waals surface area contributed by atoms with Gasteiger partial charge < -0.3 is 10.1 Å². The average molecular weight is 529 g/mol. The van der Waals surface area contributed by atoms with Gasteiger partial charge in [0.05, 0.1) is 28.6 Å². The molecular weight excluding hydrogens is 504 g/mol. The van der Waals surface area contributed by atoms with Gasteiger partial charge in [-0.15, -0.1) is 11.3 Å². The molecule has 0 saturated heterocycles. The van der Waals surface area contributed by atoms with Gasteiger partial charge >= 0.3 is 0 Å². The topological polar surface area (TPSA) is 75.7 Å². The molecule has 1 atom stereocenters. The highest BCUT2D eigenvalue weighted by atomic mass is 35.5. The third-order valence-electron chi connectivity index (χ3n) is 5.66. The van der Waals surface area contributed by atoms with Crippen LogP contribution in [0.3, 0.4) is 0 Å². The van der Waals surface area contributed by atoms with Crippen molar-refractivity contribution >= 4 is 54.6 Å². The number of nitrogens with zero attached hydrogens (tertiary/aromatic N) is 1. The summed E-state index contributed by atoms with van der Waals surface area (Å²) in [7, 11) is -2.23. The molecule has 0 unspecified atom stereocenters. The van der Waals surface area contributed by atoms with Crippen LogP contribution in [-0.4, -0.2) is 28.0 Å². The maximum absolute atomic E-state index is 13.3. The van der Waals surface area contributed by atoms with E-state index in [9.17, 15) is 13.2 Å². The Hall–Kier alpha value is -3.07. The number of amides is 1. The fourth-order valence-electron chi connectivity index (χ4n) is 3.77. The Morgan fingerprint density at radius 3 is 2.37 bits per heavy atom. The minimum Gasteiger partial charge on any atom is -0.497 e. The summed E-state index contributed by atoms with van der Waals surface area (Å²) in [5, 5.41) is 4.46. The largest absolute Gasteiger partial charge is 0.497 e. The van der Waals surface area contributed by atoms with E-state index in [2.05, 4.69) is 5.32 Å². The summed E-state index contributed by atoms with van der Waals surface area (Å²) >= 11 is 7.32. The Kier molecular flexibility index (Phi) is 7.35. The first-order chi connectivity index (χ1) is 16.7. The Bertz CT molecular complexity index is 1450. The summed E-state index contributed by atoms with van der Waals surface area (Å²) in [6, 6.07) is 20.7. The number of carbonyl (C=O) groups is 1. The lowest BCUT2D eigenvalue weighted by Gasteiger charge is -2.23. The van der Waals surface area contributed by atoms with Crippen LogP contribution in [0.25, 0.3) is 10.1 Å². The van der Waals surface area contributed by atoms with Crippen LogP contribution in [0, 0.1) is 0 Å². The molecular formula is C26H25ClN2O4S2. The van der Waals surface area contributed by atoms with Crippen LogP contribution in [0.2, 0.25) is 5.02 Å². The maximum Gasteiger partial charge on any atom is 0.264 e. The van der Waals surface area contributed by atoms with Crippen LogP contribution in [-0.2, 0) is 10.0 Å². The number of thiophene rings is 1. The van der Waals surface area contributed by atoms with Crippen LogP contribution >= 0.6 is 22.9 Å². The normalized spacial score (nSPS) is 12.3. The van der Waals surface area contributed by atoms with Crippen molar-refractivity contribution in [1.82, 2.24) is 5.32 Å². The second-order valence-corrected chi connectivity index (χ2v) is 11.3. The number of benzene rings is 3. The Morgan fingerprint density at radius 2 is 1.74 bits per heavy atom. The SMILES string of the molecule is CCN(c1ccc2sc(C(=O)N[C@@H](C)c3ccc(Cl)cc3)cc2c1)S(=O)(=O)c1ccc(OC)cc1. The third kappa shape index (κ3) is 5.29. The number of sulfonamides is 1. The highest BCUT2D eigenvalue weighted by molar-refractivity contribution is 7.92. The van der Waals surface area contributed by atoms with E-state index in [1.165, 1.54) is 34.9 Å². The molecule has 0 aliphatic rings. The molecule has 6 nitrogen and oxygen atoms in total. The first-order valence-corrected chi connectivity index (χ1v) is 13.6. The number of halogens is 1. The van der Waals surface area contributed by atoms with E-state index in [4.69, 9.17) is 16.3 Å². The molecule has 1 N–H and O–H groups in total. The molecule has 1 aromatic heterocycles. The minimum atomic E-state index is -3.76. The number of anilines is 1. The zero-order valence-corrected chi connectivity index (χ0v) is 21.9. The molecule has 9 heteroatoms. The molecule has 3 aromatic carbocycles. The molecule has 0 fully saturated rings. The van der Waals surface area contributed by atoms with Crippen LogP contribution < -0.4 is 14.4 Å². The van der Waals surface area contributed by atoms with Crippen LogP contribution in [0.15, 0.2) is 77.7 Å². The van der Waals surface area contributed by atoms with Gasteiger partial charge in [0.2, 0.25) is 0 Å². The standard InChI is InChI=1S/C26H25ClN2O4S2/c1-4-29(35(31,32)23-12-10-22(33-3)11-13-23)21-9-14-24-19(15-21)16-25(34-24)26(30)28-17(2)18-5-7-20(27)8-6-18/h5-17H,4H2,1-3H3,(H,28,30)/t17-/m0/s1. The number of ether oxygens (including phenoxy) is 1. The lowest BCUT2D eigenvalue weighted by Crippen LogP contribution is -2.30. The smallest absolute Gasteiger partial charge is 0.264 e. The van der Waals surface area contributed by atoms with Gasteiger partial charge in [0, 0.05) is 16.3 Å². The third-order valence-corrected chi connectivity index (χ3v) is 8.95. The van der Waals surface area contributed by atoms with Gasteiger partial charge in [0.1, 0.15) is 5.75 Å². The Morgan fingerprint density at radius 1 is 1.06 bits per heavy atom. The van der Waals surface area contributed by atoms with E-state index >= 15 is 0 Å². The molecule has 1 amide bonds. The summed E-state index contributed by atoms with van der Waals surface area (Å²) in [6.45, 7) is 3.96. The van der Waals surface area contributed by atoms with Crippen molar-refractivity contribution in [2.45, 2.75) is 24.8 Å². The van der Waals surface area contributed by atoms with E-state index in [0.717, 1.165) is 15.6 Å². The van der Waals surface area contributed by atoms with Gasteiger partial charge in [-0.05, 0) is 85.5 Å². The maximum atomic E-state index is 13.3. The van der Waals surface area contributed by atoms with E-state index in [-0.39, 0.29) is 23.4 Å². The van der Waals surface area contributed by atoms with Crippen molar-refractivity contribution in [2.24, 2.45) is 0 Å². The molecule has 0 saturated carbocycles. The van der Waals surface area contributed by atoms with Gasteiger partial charge in [-0.3, -0.25) is 9.10 Å². The lowest BCUT2D eigenvalue weighted by molar-refractivity contribution is 0.0944. The van der Waals surface area contributed by atoms with E-state index < -0.39 is 10.0 Å². The predicted octanol–water partition coefficient (Wildman–Crippen LogP) is 6.27. The summed E-state index contributed by atoms with van der Waals surface area (Å²) in [6.07, 6.45) is 0. The zero-order valence-electron chi connectivity index (χ0n) is 19.5. The number of methoxy groups -OCH3 is 1. The number of fused-ring (bicyclic) bond motifs is 1. The monoisotopic (exact) mass is 528 g/mol. The van der Waals surface area contributed by atoms with Crippen LogP contribution in [0.4, 0.5) is 5.69 Å². The number of nitrogens with one attached hydrogen (secondary N) is 1. The second kappa shape index (κ2) is 10.3. The molecule has 0 bridgehead atoms. The molecule has 1 heterocycles. The van der Waals surface area contributed by atoms with E-state index in [0.29, 0.717) is 21.3 Å². The molecule has 4 rings (SSSR count). The molecule has 0 radical (unpaired) electrons. The number of rotatable bonds is 8. The van der Waals surface area contributed by atoms with Gasteiger partial charge in [-0.1, -0.05) is 23.7 Å². The van der Waals surface area contributed by atoms with Gasteiger partial charge in [-0.2, -0.15) is 0 Å². The summed E-state index contributed by atoms with van der Waals surface area (Å²) < 4.78 is 34.0. The zero-order chi connectivity index (χ0) is 25.2. The van der Waals surface area contributed by atoms with Gasteiger partial charge in [0.15, 0.2) is 0 Å². The van der Waals surface area contributed by atoms with E-state index in [1.807, 2.05) is 25.1 Å². The molecule has 0 spiro atoms. The Balaban J connectivity index is 1.58. The number of hydrogen-bond acceptors (Lipinski definition) is 5. The molecule has 35 heavy (non-hydrogen) atoms. The minimum absolute atomic E-state index is 0.182. The first-order valence-electron chi connectivity index (χ1n) is 11.0. The van der Waals surface area contributed by atoms with Crippen molar-refractivity contribution < 1.29 is 17.9 Å². The predicted molar refractivity (Wildman–Crippen MR) is 142 cm³/mol. The van der Waals surface area contributed by atoms with Crippen molar-refractivity contribution in [2.75, 3.05) is 18.0 Å². The lowest BCUT2D eigenvalue weighted by atomic mass is 10.1. The van der Waals surface area contributed by atoms with Crippen LogP contribution in [0.5, 0.6) is 5.75 Å². The van der Waals surface area contributed by atoms with Crippen molar-refractivity contribution in [1.29, 1.82) is 0 Å². The quantitative estimate of drug-likeness (QED) is 0.292.